The Bertz CT molecular complexity index is 846. The number of rotatable bonds is 4. The van der Waals surface area contributed by atoms with E-state index < -0.39 is 11.6 Å². The minimum Gasteiger partial charge on any atom is -0.393 e. The van der Waals surface area contributed by atoms with Gasteiger partial charge in [0.2, 0.25) is 0 Å². The molecular formula is C15H12F2N4S. The fourth-order valence-electron chi connectivity index (χ4n) is 2.29. The number of aromatic nitrogens is 3. The average Bonchev–Trinajstić information content (AvgIpc) is 2.84. The van der Waals surface area contributed by atoms with Crippen molar-refractivity contribution >= 4 is 28.2 Å². The molecule has 0 aliphatic carbocycles. The number of nitrogens with zero attached hydrogens (tertiary/aromatic N) is 3. The van der Waals surface area contributed by atoms with Crippen molar-refractivity contribution in [3.05, 3.63) is 48.3 Å². The van der Waals surface area contributed by atoms with Gasteiger partial charge in [-0.3, -0.25) is 4.98 Å². The fourth-order valence-corrected chi connectivity index (χ4v) is 2.38. The molecule has 0 radical (unpaired) electrons. The monoisotopic (exact) mass is 318 g/mol. The number of pyridine rings is 1. The van der Waals surface area contributed by atoms with Gasteiger partial charge in [-0.05, 0) is 12.1 Å². The summed E-state index contributed by atoms with van der Waals surface area (Å²) in [6.45, 7) is 0.439. The van der Waals surface area contributed by atoms with E-state index in [1.807, 2.05) is 0 Å². The zero-order chi connectivity index (χ0) is 15.7. The van der Waals surface area contributed by atoms with Crippen LogP contribution in [0.15, 0.2) is 36.7 Å². The van der Waals surface area contributed by atoms with Crippen molar-refractivity contribution in [1.82, 2.24) is 14.5 Å². The average molecular weight is 318 g/mol. The summed E-state index contributed by atoms with van der Waals surface area (Å²) < 4.78 is 28.8. The van der Waals surface area contributed by atoms with E-state index >= 15 is 0 Å². The Hall–Kier alpha value is -2.41. The van der Waals surface area contributed by atoms with Crippen LogP contribution in [0.2, 0.25) is 0 Å². The van der Waals surface area contributed by atoms with Crippen LogP contribution in [0.25, 0.3) is 22.4 Å². The maximum absolute atomic E-state index is 13.6. The van der Waals surface area contributed by atoms with Crippen LogP contribution in [0.5, 0.6) is 0 Å². The van der Waals surface area contributed by atoms with Crippen LogP contribution >= 0.6 is 12.2 Å². The SMILES string of the molecule is NC(=S)CCn1c(-c2ccncc2)nc2cc(F)c(F)cc21. The summed E-state index contributed by atoms with van der Waals surface area (Å²) in [5.41, 5.74) is 7.24. The van der Waals surface area contributed by atoms with E-state index in [1.54, 1.807) is 29.1 Å². The van der Waals surface area contributed by atoms with E-state index in [1.165, 1.54) is 0 Å². The molecule has 0 spiro atoms. The second kappa shape index (κ2) is 5.76. The highest BCUT2D eigenvalue weighted by Gasteiger charge is 2.15. The second-order valence-corrected chi connectivity index (χ2v) is 5.32. The van der Waals surface area contributed by atoms with Crippen LogP contribution < -0.4 is 5.73 Å². The molecular weight excluding hydrogens is 306 g/mol. The number of hydrogen-bond donors (Lipinski definition) is 1. The molecule has 3 aromatic rings. The van der Waals surface area contributed by atoms with E-state index in [4.69, 9.17) is 18.0 Å². The van der Waals surface area contributed by atoms with Crippen LogP contribution in [0.4, 0.5) is 8.78 Å². The zero-order valence-electron chi connectivity index (χ0n) is 11.5. The first kappa shape index (κ1) is 14.5. The van der Waals surface area contributed by atoms with Gasteiger partial charge in [-0.15, -0.1) is 0 Å². The lowest BCUT2D eigenvalue weighted by Gasteiger charge is -2.08. The number of hydrogen-bond acceptors (Lipinski definition) is 3. The highest BCUT2D eigenvalue weighted by Crippen LogP contribution is 2.26. The highest BCUT2D eigenvalue weighted by atomic mass is 32.1. The van der Waals surface area contributed by atoms with Gasteiger partial charge in [0.1, 0.15) is 5.82 Å². The van der Waals surface area contributed by atoms with Crippen molar-refractivity contribution < 1.29 is 8.78 Å². The molecule has 112 valence electrons. The normalized spacial score (nSPS) is 11.0. The van der Waals surface area contributed by atoms with Gasteiger partial charge in [0.25, 0.3) is 0 Å². The van der Waals surface area contributed by atoms with E-state index in [0.717, 1.165) is 17.7 Å². The minimum absolute atomic E-state index is 0.352. The molecule has 0 saturated carbocycles. The largest absolute Gasteiger partial charge is 0.393 e. The third-order valence-electron chi connectivity index (χ3n) is 3.31. The van der Waals surface area contributed by atoms with Crippen LogP contribution in [-0.2, 0) is 6.54 Å². The maximum Gasteiger partial charge on any atom is 0.161 e. The molecule has 2 heterocycles. The van der Waals surface area contributed by atoms with Crippen molar-refractivity contribution in [2.24, 2.45) is 5.73 Å². The van der Waals surface area contributed by atoms with Crippen molar-refractivity contribution in [1.29, 1.82) is 0 Å². The van der Waals surface area contributed by atoms with Gasteiger partial charge in [-0.25, -0.2) is 13.8 Å². The Morgan fingerprint density at radius 3 is 2.55 bits per heavy atom. The third-order valence-corrected chi connectivity index (χ3v) is 3.51. The van der Waals surface area contributed by atoms with Crippen LogP contribution in [0.3, 0.4) is 0 Å². The lowest BCUT2D eigenvalue weighted by atomic mass is 10.2. The van der Waals surface area contributed by atoms with Crippen molar-refractivity contribution in [2.45, 2.75) is 13.0 Å². The maximum atomic E-state index is 13.6. The second-order valence-electron chi connectivity index (χ2n) is 4.79. The van der Waals surface area contributed by atoms with Gasteiger partial charge in [0, 0.05) is 43.1 Å². The number of aryl methyl sites for hydroxylation is 1. The van der Waals surface area contributed by atoms with Gasteiger partial charge in [-0.1, -0.05) is 12.2 Å². The molecule has 22 heavy (non-hydrogen) atoms. The first-order chi connectivity index (χ1) is 10.6. The molecule has 0 saturated heterocycles. The minimum atomic E-state index is -0.923. The molecule has 7 heteroatoms. The molecule has 0 bridgehead atoms. The van der Waals surface area contributed by atoms with Gasteiger partial charge in [-0.2, -0.15) is 0 Å². The van der Waals surface area contributed by atoms with Crippen LogP contribution in [0, 0.1) is 11.6 Å². The summed E-state index contributed by atoms with van der Waals surface area (Å²) in [4.78, 5) is 8.72. The first-order valence-electron chi connectivity index (χ1n) is 6.60. The van der Waals surface area contributed by atoms with E-state index in [9.17, 15) is 8.78 Å². The summed E-state index contributed by atoms with van der Waals surface area (Å²) in [5.74, 6) is -1.24. The highest BCUT2D eigenvalue weighted by molar-refractivity contribution is 7.80. The summed E-state index contributed by atoms with van der Waals surface area (Å²) in [6, 6.07) is 5.80. The van der Waals surface area contributed by atoms with Gasteiger partial charge >= 0.3 is 0 Å². The Kier molecular flexibility index (Phi) is 3.81. The summed E-state index contributed by atoms with van der Waals surface area (Å²) in [5, 5.41) is 0. The molecule has 1 aromatic carbocycles. The first-order valence-corrected chi connectivity index (χ1v) is 7.01. The quantitative estimate of drug-likeness (QED) is 0.751. The number of imidazole rings is 1. The van der Waals surface area contributed by atoms with Crippen LogP contribution in [0.1, 0.15) is 6.42 Å². The third kappa shape index (κ3) is 2.67. The summed E-state index contributed by atoms with van der Waals surface area (Å²) in [6.07, 6.45) is 3.71. The number of fused-ring (bicyclic) bond motifs is 1. The van der Waals surface area contributed by atoms with Crippen LogP contribution in [-0.4, -0.2) is 19.5 Å². The van der Waals surface area contributed by atoms with E-state index in [2.05, 4.69) is 9.97 Å². The van der Waals surface area contributed by atoms with Gasteiger partial charge in [0.05, 0.1) is 16.0 Å². The predicted octanol–water partition coefficient (Wildman–Crippen LogP) is 3.05. The topological polar surface area (TPSA) is 56.7 Å². The Labute approximate surface area is 130 Å². The molecule has 0 aliphatic rings. The molecule has 0 unspecified atom stereocenters. The molecule has 0 fully saturated rings. The molecule has 0 amide bonds. The lowest BCUT2D eigenvalue weighted by molar-refractivity contribution is 0.510. The molecule has 0 atom stereocenters. The summed E-state index contributed by atoms with van der Waals surface area (Å²) in [7, 11) is 0. The Morgan fingerprint density at radius 1 is 1.18 bits per heavy atom. The van der Waals surface area contributed by atoms with Crippen molar-refractivity contribution in [3.8, 4) is 11.4 Å². The number of halogens is 2. The Morgan fingerprint density at radius 2 is 1.86 bits per heavy atom. The standard InChI is InChI=1S/C15H12F2N4S/c16-10-7-12-13(8-11(10)17)21(6-3-14(18)22)15(20-12)9-1-4-19-5-2-9/h1-2,4-5,7-8H,3,6H2,(H2,18,22). The molecule has 2 N–H and O–H groups in total. The van der Waals surface area contributed by atoms with E-state index in [0.29, 0.717) is 34.8 Å². The lowest BCUT2D eigenvalue weighted by Crippen LogP contribution is -2.12. The summed E-state index contributed by atoms with van der Waals surface area (Å²) >= 11 is 4.90. The fraction of sp³-hybridized carbons (Fsp3) is 0.133. The smallest absolute Gasteiger partial charge is 0.161 e. The number of benzene rings is 1. The van der Waals surface area contributed by atoms with Crippen molar-refractivity contribution in [2.75, 3.05) is 0 Å². The predicted molar refractivity (Wildman–Crippen MR) is 84.3 cm³/mol. The van der Waals surface area contributed by atoms with E-state index in [-0.39, 0.29) is 0 Å². The molecule has 4 nitrogen and oxygen atoms in total. The van der Waals surface area contributed by atoms with Gasteiger partial charge < -0.3 is 10.3 Å². The molecule has 0 aliphatic heterocycles. The molecule has 3 rings (SSSR count). The number of nitrogens with two attached hydrogens (primary N) is 1. The zero-order valence-corrected chi connectivity index (χ0v) is 12.3. The van der Waals surface area contributed by atoms with Crippen molar-refractivity contribution in [3.63, 3.8) is 0 Å². The van der Waals surface area contributed by atoms with Gasteiger partial charge in [0.15, 0.2) is 11.6 Å². The Balaban J connectivity index is 2.21. The number of thiocarbonyl (C=S) groups is 1. The molecule has 2 aromatic heterocycles.